The van der Waals surface area contributed by atoms with Crippen LogP contribution in [0.3, 0.4) is 0 Å². The maximum absolute atomic E-state index is 12.3. The van der Waals surface area contributed by atoms with Gasteiger partial charge in [0.05, 0.1) is 5.69 Å². The van der Waals surface area contributed by atoms with Crippen molar-refractivity contribution in [3.05, 3.63) is 45.4 Å². The first-order valence-corrected chi connectivity index (χ1v) is 9.46. The fourth-order valence-electron chi connectivity index (χ4n) is 2.85. The highest BCUT2D eigenvalue weighted by Crippen LogP contribution is 2.26. The van der Waals surface area contributed by atoms with Crippen molar-refractivity contribution < 1.29 is 4.79 Å². The van der Waals surface area contributed by atoms with Crippen molar-refractivity contribution in [1.29, 1.82) is 0 Å². The van der Waals surface area contributed by atoms with E-state index in [1.54, 1.807) is 35.6 Å². The normalized spacial score (nSPS) is 16.3. The molecule has 6 heteroatoms. The van der Waals surface area contributed by atoms with Gasteiger partial charge in [-0.3, -0.25) is 15.0 Å². The summed E-state index contributed by atoms with van der Waals surface area (Å²) in [6.45, 7) is 7.53. The number of nitrogens with one attached hydrogen (secondary N) is 1. The van der Waals surface area contributed by atoms with Crippen molar-refractivity contribution >= 4 is 34.0 Å². The lowest BCUT2D eigenvalue weighted by atomic mass is 9.99. The van der Waals surface area contributed by atoms with Gasteiger partial charge < -0.3 is 0 Å². The maximum Gasteiger partial charge on any atom is 0.257 e. The van der Waals surface area contributed by atoms with E-state index in [1.165, 1.54) is 17.7 Å². The number of likely N-dealkylation sites (tertiary alicyclic amines) is 1. The van der Waals surface area contributed by atoms with Crippen molar-refractivity contribution in [3.8, 4) is 0 Å². The van der Waals surface area contributed by atoms with Crippen LogP contribution in [0.1, 0.15) is 40.7 Å². The number of benzene rings is 1. The minimum Gasteiger partial charge on any atom is -0.298 e. The maximum atomic E-state index is 12.3. The van der Waals surface area contributed by atoms with Gasteiger partial charge in [-0.25, -0.2) is 4.98 Å². The molecule has 2 heterocycles. The third-order valence-corrected chi connectivity index (χ3v) is 5.74. The molecule has 0 spiro atoms. The lowest BCUT2D eigenvalue weighted by Crippen LogP contribution is -2.32. The summed E-state index contributed by atoms with van der Waals surface area (Å²) in [4.78, 5) is 20.5. The first-order valence-electron chi connectivity index (χ1n) is 8.27. The number of amides is 1. The van der Waals surface area contributed by atoms with Gasteiger partial charge in [0.2, 0.25) is 0 Å². The molecule has 1 aliphatic rings. The van der Waals surface area contributed by atoms with Crippen LogP contribution in [0.25, 0.3) is 0 Å². The number of anilines is 1. The Morgan fingerprint density at radius 1 is 1.42 bits per heavy atom. The zero-order valence-electron chi connectivity index (χ0n) is 14.0. The second-order valence-electron chi connectivity index (χ2n) is 6.45. The van der Waals surface area contributed by atoms with Gasteiger partial charge in [-0.15, -0.1) is 11.3 Å². The van der Waals surface area contributed by atoms with E-state index in [1.807, 2.05) is 6.92 Å². The number of halogens is 1. The van der Waals surface area contributed by atoms with Gasteiger partial charge >= 0.3 is 0 Å². The van der Waals surface area contributed by atoms with Crippen LogP contribution in [0.4, 0.5) is 5.13 Å². The molecule has 1 aliphatic heterocycles. The monoisotopic (exact) mass is 363 g/mol. The molecule has 1 fully saturated rings. The number of carbonyl (C=O) groups is 1. The van der Waals surface area contributed by atoms with E-state index in [4.69, 9.17) is 11.6 Å². The molecule has 24 heavy (non-hydrogen) atoms. The molecule has 3 rings (SSSR count). The third kappa shape index (κ3) is 4.35. The van der Waals surface area contributed by atoms with Crippen molar-refractivity contribution in [1.82, 2.24) is 9.88 Å². The Labute approximate surface area is 151 Å². The van der Waals surface area contributed by atoms with Gasteiger partial charge in [-0.05, 0) is 57.0 Å². The molecule has 0 bridgehead atoms. The second-order valence-corrected chi connectivity index (χ2v) is 7.97. The molecular formula is C18H22ClN3OS. The summed E-state index contributed by atoms with van der Waals surface area (Å²) >= 11 is 7.50. The average Bonchev–Trinajstić information content (AvgIpc) is 2.89. The first kappa shape index (κ1) is 17.4. The number of piperidine rings is 1. The second kappa shape index (κ2) is 7.64. The van der Waals surface area contributed by atoms with Crippen LogP contribution in [0, 0.1) is 12.8 Å². The highest BCUT2D eigenvalue weighted by atomic mass is 35.5. The summed E-state index contributed by atoms with van der Waals surface area (Å²) < 4.78 is 0. The van der Waals surface area contributed by atoms with Gasteiger partial charge in [-0.2, -0.15) is 0 Å². The molecule has 1 aromatic heterocycles. The number of rotatable bonds is 4. The molecule has 1 amide bonds. The predicted molar refractivity (Wildman–Crippen MR) is 99.9 cm³/mol. The molecule has 1 N–H and O–H groups in total. The van der Waals surface area contributed by atoms with Crippen molar-refractivity contribution in [2.45, 2.75) is 33.2 Å². The van der Waals surface area contributed by atoms with E-state index in [9.17, 15) is 4.79 Å². The van der Waals surface area contributed by atoms with Crippen molar-refractivity contribution in [3.63, 3.8) is 0 Å². The molecule has 4 nitrogen and oxygen atoms in total. The molecule has 0 radical (unpaired) electrons. The zero-order valence-corrected chi connectivity index (χ0v) is 15.6. The Bertz CT molecular complexity index is 723. The lowest BCUT2D eigenvalue weighted by Gasteiger charge is -2.29. The van der Waals surface area contributed by atoms with Gasteiger partial charge in [0.15, 0.2) is 5.13 Å². The van der Waals surface area contributed by atoms with Crippen LogP contribution in [-0.4, -0.2) is 28.9 Å². The molecule has 2 aromatic rings. The van der Waals surface area contributed by atoms with E-state index < -0.39 is 0 Å². The summed E-state index contributed by atoms with van der Waals surface area (Å²) in [6.07, 6.45) is 2.52. The quantitative estimate of drug-likeness (QED) is 0.864. The Balaban J connectivity index is 1.64. The average molecular weight is 364 g/mol. The van der Waals surface area contributed by atoms with Gasteiger partial charge in [-0.1, -0.05) is 24.6 Å². The number of carbonyl (C=O) groups excluding carboxylic acids is 1. The van der Waals surface area contributed by atoms with Gasteiger partial charge in [0, 0.05) is 22.0 Å². The molecule has 0 atom stereocenters. The largest absolute Gasteiger partial charge is 0.298 e. The molecule has 0 unspecified atom stereocenters. The van der Waals surface area contributed by atoms with E-state index >= 15 is 0 Å². The Morgan fingerprint density at radius 2 is 2.17 bits per heavy atom. The Hall–Kier alpha value is -1.43. The number of hydrogen-bond acceptors (Lipinski definition) is 4. The minimum absolute atomic E-state index is 0.176. The summed E-state index contributed by atoms with van der Waals surface area (Å²) in [5.41, 5.74) is 1.54. The SMILES string of the molecule is Cc1nc(NC(=O)c2cccc(Cl)c2)sc1CN1CCC(C)CC1. The number of nitrogens with zero attached hydrogens (tertiary/aromatic N) is 2. The van der Waals surface area contributed by atoms with E-state index in [0.29, 0.717) is 15.7 Å². The predicted octanol–water partition coefficient (Wildman–Crippen LogP) is 4.59. The molecule has 0 saturated carbocycles. The van der Waals surface area contributed by atoms with Gasteiger partial charge in [0.1, 0.15) is 0 Å². The summed E-state index contributed by atoms with van der Waals surface area (Å²) in [7, 11) is 0. The van der Waals surface area contributed by atoms with E-state index in [2.05, 4.69) is 22.1 Å². The van der Waals surface area contributed by atoms with Crippen LogP contribution in [0.2, 0.25) is 5.02 Å². The van der Waals surface area contributed by atoms with Crippen molar-refractivity contribution in [2.24, 2.45) is 5.92 Å². The van der Waals surface area contributed by atoms with Crippen LogP contribution >= 0.6 is 22.9 Å². The summed E-state index contributed by atoms with van der Waals surface area (Å²) in [5, 5.41) is 4.09. The number of aryl methyl sites for hydroxylation is 1. The first-order chi connectivity index (χ1) is 11.5. The molecule has 128 valence electrons. The molecule has 0 aliphatic carbocycles. The highest BCUT2D eigenvalue weighted by molar-refractivity contribution is 7.15. The van der Waals surface area contributed by atoms with Crippen molar-refractivity contribution in [2.75, 3.05) is 18.4 Å². The van der Waals surface area contributed by atoms with E-state index in [0.717, 1.165) is 31.2 Å². The Morgan fingerprint density at radius 3 is 2.88 bits per heavy atom. The zero-order chi connectivity index (χ0) is 17.1. The molecular weight excluding hydrogens is 342 g/mol. The fourth-order valence-corrected chi connectivity index (χ4v) is 4.04. The van der Waals surface area contributed by atoms with Gasteiger partial charge in [0.25, 0.3) is 5.91 Å². The smallest absolute Gasteiger partial charge is 0.257 e. The van der Waals surface area contributed by atoms with Crippen LogP contribution in [0.15, 0.2) is 24.3 Å². The summed E-state index contributed by atoms with van der Waals surface area (Å²) in [6, 6.07) is 6.93. The van der Waals surface area contributed by atoms with E-state index in [-0.39, 0.29) is 5.91 Å². The van der Waals surface area contributed by atoms with Crippen LogP contribution in [0.5, 0.6) is 0 Å². The highest BCUT2D eigenvalue weighted by Gasteiger charge is 2.18. The minimum atomic E-state index is -0.176. The topological polar surface area (TPSA) is 45.2 Å². The molecule has 1 saturated heterocycles. The fraction of sp³-hybridized carbons (Fsp3) is 0.444. The number of thiazole rings is 1. The number of aromatic nitrogens is 1. The van der Waals surface area contributed by atoms with Crippen LogP contribution in [-0.2, 0) is 6.54 Å². The summed E-state index contributed by atoms with van der Waals surface area (Å²) in [5.74, 6) is 0.654. The molecule has 1 aromatic carbocycles. The van der Waals surface area contributed by atoms with Crippen LogP contribution < -0.4 is 5.32 Å². The third-order valence-electron chi connectivity index (χ3n) is 4.44. The standard InChI is InChI=1S/C18H22ClN3OS/c1-12-6-8-22(9-7-12)11-16-13(2)20-18(24-16)21-17(23)14-4-3-5-15(19)10-14/h3-5,10,12H,6-9,11H2,1-2H3,(H,20,21,23). The Kier molecular flexibility index (Phi) is 5.54. The number of hydrogen-bond donors (Lipinski definition) is 1. The lowest BCUT2D eigenvalue weighted by molar-refractivity contribution is 0.102.